The van der Waals surface area contributed by atoms with Gasteiger partial charge in [-0.25, -0.2) is 4.98 Å². The van der Waals surface area contributed by atoms with Crippen LogP contribution in [0.4, 0.5) is 5.69 Å². The molecule has 1 fully saturated rings. The summed E-state index contributed by atoms with van der Waals surface area (Å²) in [4.78, 5) is 33.3. The number of aromatic nitrogens is 1. The van der Waals surface area contributed by atoms with E-state index in [1.54, 1.807) is 6.07 Å². The quantitative estimate of drug-likeness (QED) is 0.762. The Hall–Kier alpha value is -3.25. The zero-order valence-electron chi connectivity index (χ0n) is 15.5. The number of anilines is 1. The Morgan fingerprint density at radius 3 is 2.36 bits per heavy atom. The molecule has 0 atom stereocenters. The topological polar surface area (TPSA) is 65.5 Å². The van der Waals surface area contributed by atoms with Crippen molar-refractivity contribution in [3.8, 4) is 0 Å². The van der Waals surface area contributed by atoms with Crippen molar-refractivity contribution in [1.82, 2.24) is 14.8 Å². The summed E-state index contributed by atoms with van der Waals surface area (Å²) >= 11 is 0. The van der Waals surface area contributed by atoms with Gasteiger partial charge in [0.2, 0.25) is 5.91 Å². The maximum absolute atomic E-state index is 12.8. The summed E-state index contributed by atoms with van der Waals surface area (Å²) in [6.45, 7) is 2.84. The molecule has 1 saturated heterocycles. The van der Waals surface area contributed by atoms with Crippen molar-refractivity contribution in [2.24, 2.45) is 0 Å². The Morgan fingerprint density at radius 1 is 0.857 bits per heavy atom. The highest BCUT2D eigenvalue weighted by Crippen LogP contribution is 2.14. The van der Waals surface area contributed by atoms with Crippen LogP contribution in [0.5, 0.6) is 0 Å². The number of fused-ring (bicyclic) bond motifs is 1. The average molecular weight is 374 g/mol. The number of piperazine rings is 1. The van der Waals surface area contributed by atoms with Gasteiger partial charge in [-0.1, -0.05) is 42.5 Å². The predicted octanol–water partition coefficient (Wildman–Crippen LogP) is 2.63. The smallest absolute Gasteiger partial charge is 0.272 e. The number of nitrogens with one attached hydrogen (secondary N) is 1. The third kappa shape index (κ3) is 4.18. The fourth-order valence-corrected chi connectivity index (χ4v) is 3.38. The highest BCUT2D eigenvalue weighted by molar-refractivity contribution is 5.95. The van der Waals surface area contributed by atoms with Crippen molar-refractivity contribution >= 4 is 28.4 Å². The van der Waals surface area contributed by atoms with Crippen LogP contribution in [0.1, 0.15) is 10.5 Å². The molecule has 28 heavy (non-hydrogen) atoms. The van der Waals surface area contributed by atoms with Crippen molar-refractivity contribution < 1.29 is 9.59 Å². The number of hydrogen-bond acceptors (Lipinski definition) is 4. The monoisotopic (exact) mass is 374 g/mol. The third-order valence-corrected chi connectivity index (χ3v) is 4.90. The number of pyridine rings is 1. The Kier molecular flexibility index (Phi) is 5.30. The molecule has 0 unspecified atom stereocenters. The van der Waals surface area contributed by atoms with E-state index in [0.717, 1.165) is 16.6 Å². The van der Waals surface area contributed by atoms with Crippen LogP contribution >= 0.6 is 0 Å². The molecule has 0 spiro atoms. The molecule has 1 aliphatic rings. The number of carbonyl (C=O) groups excluding carboxylic acids is 2. The second kappa shape index (κ2) is 8.19. The first-order valence-electron chi connectivity index (χ1n) is 9.41. The standard InChI is InChI=1S/C22H22N4O2/c27-21(23-18-7-2-1-3-8-18)16-25-12-14-26(15-13-25)22(28)20-11-10-17-6-4-5-9-19(17)24-20/h1-11H,12-16H2,(H,23,27). The number of benzene rings is 2. The van der Waals surface area contributed by atoms with Crippen LogP contribution in [0.2, 0.25) is 0 Å². The summed E-state index contributed by atoms with van der Waals surface area (Å²) in [6, 6.07) is 20.9. The van der Waals surface area contributed by atoms with Crippen LogP contribution in [-0.4, -0.2) is 59.3 Å². The van der Waals surface area contributed by atoms with E-state index in [0.29, 0.717) is 38.4 Å². The SMILES string of the molecule is O=C(CN1CCN(C(=O)c2ccc3ccccc3n2)CC1)Nc1ccccc1. The molecule has 1 aromatic heterocycles. The molecular formula is C22H22N4O2. The molecular weight excluding hydrogens is 352 g/mol. The average Bonchev–Trinajstić information content (AvgIpc) is 2.74. The van der Waals surface area contributed by atoms with Gasteiger partial charge in [0.25, 0.3) is 5.91 Å². The lowest BCUT2D eigenvalue weighted by atomic mass is 10.2. The molecule has 142 valence electrons. The first-order valence-corrected chi connectivity index (χ1v) is 9.41. The molecule has 0 radical (unpaired) electrons. The van der Waals surface area contributed by atoms with E-state index in [-0.39, 0.29) is 11.8 Å². The summed E-state index contributed by atoms with van der Waals surface area (Å²) in [7, 11) is 0. The fourth-order valence-electron chi connectivity index (χ4n) is 3.38. The maximum Gasteiger partial charge on any atom is 0.272 e. The van der Waals surface area contributed by atoms with Crippen LogP contribution in [-0.2, 0) is 4.79 Å². The molecule has 2 heterocycles. The molecule has 1 aliphatic heterocycles. The second-order valence-corrected chi connectivity index (χ2v) is 6.87. The van der Waals surface area contributed by atoms with Gasteiger partial charge >= 0.3 is 0 Å². The van der Waals surface area contributed by atoms with Gasteiger partial charge in [0, 0.05) is 37.3 Å². The third-order valence-electron chi connectivity index (χ3n) is 4.90. The predicted molar refractivity (Wildman–Crippen MR) is 109 cm³/mol. The number of amides is 2. The van der Waals surface area contributed by atoms with Crippen LogP contribution in [0.15, 0.2) is 66.7 Å². The lowest BCUT2D eigenvalue weighted by Crippen LogP contribution is -2.50. The minimum Gasteiger partial charge on any atom is -0.335 e. The molecule has 3 aromatic rings. The van der Waals surface area contributed by atoms with Crippen LogP contribution < -0.4 is 5.32 Å². The molecule has 4 rings (SSSR count). The molecule has 2 amide bonds. The summed E-state index contributed by atoms with van der Waals surface area (Å²) in [6.07, 6.45) is 0. The first-order chi connectivity index (χ1) is 13.7. The minimum absolute atomic E-state index is 0.0397. The van der Waals surface area contributed by atoms with E-state index in [9.17, 15) is 9.59 Å². The van der Waals surface area contributed by atoms with Gasteiger partial charge in [0.05, 0.1) is 12.1 Å². The summed E-state index contributed by atoms with van der Waals surface area (Å²) < 4.78 is 0. The van der Waals surface area contributed by atoms with Gasteiger partial charge in [0.1, 0.15) is 5.69 Å². The largest absolute Gasteiger partial charge is 0.335 e. The summed E-state index contributed by atoms with van der Waals surface area (Å²) in [5.41, 5.74) is 2.09. The fraction of sp³-hybridized carbons (Fsp3) is 0.227. The maximum atomic E-state index is 12.8. The lowest BCUT2D eigenvalue weighted by Gasteiger charge is -2.34. The van der Waals surface area contributed by atoms with E-state index in [1.807, 2.05) is 65.6 Å². The molecule has 1 N–H and O–H groups in total. The number of rotatable bonds is 4. The van der Waals surface area contributed by atoms with Crippen molar-refractivity contribution in [3.05, 3.63) is 72.4 Å². The van der Waals surface area contributed by atoms with E-state index in [1.165, 1.54) is 0 Å². The number of para-hydroxylation sites is 2. The molecule has 2 aromatic carbocycles. The number of carbonyl (C=O) groups is 2. The van der Waals surface area contributed by atoms with Crippen LogP contribution in [0.3, 0.4) is 0 Å². The summed E-state index contributed by atoms with van der Waals surface area (Å²) in [5, 5.41) is 3.92. The highest BCUT2D eigenvalue weighted by atomic mass is 16.2. The molecule has 6 nitrogen and oxygen atoms in total. The van der Waals surface area contributed by atoms with Crippen molar-refractivity contribution in [2.75, 3.05) is 38.0 Å². The van der Waals surface area contributed by atoms with Gasteiger partial charge in [-0.2, -0.15) is 0 Å². The minimum atomic E-state index is -0.0564. The van der Waals surface area contributed by atoms with Gasteiger partial charge < -0.3 is 10.2 Å². The van der Waals surface area contributed by atoms with Gasteiger partial charge in [0.15, 0.2) is 0 Å². The Balaban J connectivity index is 1.31. The normalized spacial score (nSPS) is 14.8. The first kappa shape index (κ1) is 18.1. The van der Waals surface area contributed by atoms with E-state index < -0.39 is 0 Å². The van der Waals surface area contributed by atoms with Gasteiger partial charge in [-0.3, -0.25) is 14.5 Å². The van der Waals surface area contributed by atoms with Gasteiger partial charge in [-0.15, -0.1) is 0 Å². The van der Waals surface area contributed by atoms with Gasteiger partial charge in [-0.05, 0) is 24.3 Å². The number of nitrogens with zero attached hydrogens (tertiary/aromatic N) is 3. The zero-order valence-corrected chi connectivity index (χ0v) is 15.5. The van der Waals surface area contributed by atoms with Crippen molar-refractivity contribution in [3.63, 3.8) is 0 Å². The van der Waals surface area contributed by atoms with Crippen LogP contribution in [0, 0.1) is 0 Å². The Morgan fingerprint density at radius 2 is 1.57 bits per heavy atom. The lowest BCUT2D eigenvalue weighted by molar-refractivity contribution is -0.117. The Labute approximate surface area is 163 Å². The van der Waals surface area contributed by atoms with Crippen molar-refractivity contribution in [2.45, 2.75) is 0 Å². The number of hydrogen-bond donors (Lipinski definition) is 1. The molecule has 0 bridgehead atoms. The Bertz CT molecular complexity index is 982. The van der Waals surface area contributed by atoms with Crippen molar-refractivity contribution in [1.29, 1.82) is 0 Å². The molecule has 0 aliphatic carbocycles. The van der Waals surface area contributed by atoms with E-state index in [2.05, 4.69) is 15.2 Å². The molecule has 6 heteroatoms. The molecule has 0 saturated carbocycles. The zero-order chi connectivity index (χ0) is 19.3. The summed E-state index contributed by atoms with van der Waals surface area (Å²) in [5.74, 6) is -0.0960. The second-order valence-electron chi connectivity index (χ2n) is 6.87. The highest BCUT2D eigenvalue weighted by Gasteiger charge is 2.24. The van der Waals surface area contributed by atoms with E-state index >= 15 is 0 Å². The van der Waals surface area contributed by atoms with Crippen LogP contribution in [0.25, 0.3) is 10.9 Å². The van der Waals surface area contributed by atoms with E-state index in [4.69, 9.17) is 0 Å².